The van der Waals surface area contributed by atoms with Crippen LogP contribution in [0.25, 0.3) is 0 Å². The summed E-state index contributed by atoms with van der Waals surface area (Å²) < 4.78 is 14.2. The van der Waals surface area contributed by atoms with Gasteiger partial charge in [0, 0.05) is 11.4 Å². The fourth-order valence-corrected chi connectivity index (χ4v) is 5.90. The molecule has 0 saturated carbocycles. The number of amides is 1. The van der Waals surface area contributed by atoms with E-state index in [2.05, 4.69) is 62.6 Å². The van der Waals surface area contributed by atoms with Crippen molar-refractivity contribution in [3.8, 4) is 11.5 Å². The number of anilines is 2. The van der Waals surface area contributed by atoms with E-state index in [-0.39, 0.29) is 11.3 Å². The van der Waals surface area contributed by atoms with E-state index >= 15 is 0 Å². The Kier molecular flexibility index (Phi) is 9.58. The number of ether oxygens (including phenoxy) is 2. The Morgan fingerprint density at radius 2 is 1.76 bits per heavy atom. The molecule has 0 radical (unpaired) electrons. The molecule has 3 aromatic carbocycles. The molecule has 1 atom stereocenters. The van der Waals surface area contributed by atoms with Crippen molar-refractivity contribution in [2.24, 2.45) is 0 Å². The summed E-state index contributed by atoms with van der Waals surface area (Å²) in [6.07, 6.45) is 0. The summed E-state index contributed by atoms with van der Waals surface area (Å²) in [6.45, 7) is 17.5. The molecule has 0 aliphatic carbocycles. The molecule has 1 amide bonds. The van der Waals surface area contributed by atoms with Crippen molar-refractivity contribution in [1.29, 1.82) is 0 Å². The molecule has 2 N–H and O–H groups in total. The van der Waals surface area contributed by atoms with Crippen LogP contribution in [0.5, 0.6) is 11.5 Å². The summed E-state index contributed by atoms with van der Waals surface area (Å²) in [5.41, 5.74) is 7.47. The summed E-state index contributed by atoms with van der Waals surface area (Å²) in [7, 11) is 0. The van der Waals surface area contributed by atoms with Gasteiger partial charge in [0.1, 0.15) is 12.6 Å². The van der Waals surface area contributed by atoms with Gasteiger partial charge in [-0.2, -0.15) is 4.98 Å². The molecule has 4 aromatic rings. The van der Waals surface area contributed by atoms with E-state index in [4.69, 9.17) is 19.6 Å². The number of carbonyl (C=O) groups excluding carboxylic acids is 1. The second kappa shape index (κ2) is 13.4. The number of carbonyl (C=O) groups is 1. The predicted octanol–water partition coefficient (Wildman–Crippen LogP) is 8.21. The third-order valence-electron chi connectivity index (χ3n) is 8.00. The molecule has 0 saturated heterocycles. The Balaban J connectivity index is 1.50. The quantitative estimate of drug-likeness (QED) is 0.172. The maximum Gasteiger partial charge on any atom is 0.255 e. The van der Waals surface area contributed by atoms with Gasteiger partial charge in [-0.15, -0.1) is 5.10 Å². The average Bonchev–Trinajstić information content (AvgIpc) is 3.40. The third-order valence-corrected chi connectivity index (χ3v) is 8.72. The lowest BCUT2D eigenvalue weighted by Gasteiger charge is -2.29. The lowest BCUT2D eigenvalue weighted by atomic mass is 9.87. The SMILES string of the molecule is CCOc1cc(C2C(C(=O)Nc3cccc(C)c3C)=C(C)Nc3nc(SCC)nn32)ccc1OCc1ccc(C(C)(C)C)cc1. The number of allylic oxidation sites excluding steroid dienone is 1. The smallest absolute Gasteiger partial charge is 0.255 e. The molecule has 0 bridgehead atoms. The Hall–Kier alpha value is -4.24. The Bertz CT molecular complexity index is 1720. The van der Waals surface area contributed by atoms with Crippen molar-refractivity contribution in [2.45, 2.75) is 78.6 Å². The first-order valence-electron chi connectivity index (χ1n) is 15.4. The zero-order valence-corrected chi connectivity index (χ0v) is 28.3. The lowest BCUT2D eigenvalue weighted by Crippen LogP contribution is -2.31. The second-order valence-electron chi connectivity index (χ2n) is 12.2. The zero-order valence-electron chi connectivity index (χ0n) is 27.4. The fraction of sp³-hybridized carbons (Fsp3) is 0.361. The Labute approximate surface area is 270 Å². The number of aromatic nitrogens is 3. The summed E-state index contributed by atoms with van der Waals surface area (Å²) in [5.74, 6) is 2.46. The van der Waals surface area contributed by atoms with Crippen LogP contribution in [0, 0.1) is 13.8 Å². The maximum absolute atomic E-state index is 14.1. The first kappa shape index (κ1) is 32.2. The minimum Gasteiger partial charge on any atom is -0.490 e. The van der Waals surface area contributed by atoms with E-state index in [1.54, 1.807) is 16.4 Å². The van der Waals surface area contributed by atoms with Crippen LogP contribution in [0.2, 0.25) is 0 Å². The number of benzene rings is 3. The summed E-state index contributed by atoms with van der Waals surface area (Å²) in [5, 5.41) is 12.0. The molecule has 9 heteroatoms. The number of hydrogen-bond donors (Lipinski definition) is 2. The molecule has 45 heavy (non-hydrogen) atoms. The first-order chi connectivity index (χ1) is 21.5. The van der Waals surface area contributed by atoms with Crippen LogP contribution in [0.4, 0.5) is 11.6 Å². The van der Waals surface area contributed by atoms with Gasteiger partial charge >= 0.3 is 0 Å². The average molecular weight is 626 g/mol. The number of aryl methyl sites for hydroxylation is 1. The minimum atomic E-state index is -0.539. The molecule has 1 unspecified atom stereocenters. The largest absolute Gasteiger partial charge is 0.490 e. The molecule has 0 fully saturated rings. The molecule has 5 rings (SSSR count). The summed E-state index contributed by atoms with van der Waals surface area (Å²) in [4.78, 5) is 18.8. The van der Waals surface area contributed by atoms with E-state index in [1.165, 1.54) is 5.56 Å². The molecule has 236 valence electrons. The van der Waals surface area contributed by atoms with Gasteiger partial charge in [-0.1, -0.05) is 81.9 Å². The van der Waals surface area contributed by atoms with E-state index in [1.807, 2.05) is 64.1 Å². The van der Waals surface area contributed by atoms with E-state index < -0.39 is 6.04 Å². The van der Waals surface area contributed by atoms with Crippen molar-refractivity contribution in [2.75, 3.05) is 23.0 Å². The molecule has 1 aliphatic rings. The van der Waals surface area contributed by atoms with Gasteiger partial charge in [-0.25, -0.2) is 4.68 Å². The number of thioether (sulfide) groups is 1. The number of fused-ring (bicyclic) bond motifs is 1. The van der Waals surface area contributed by atoms with E-state index in [0.29, 0.717) is 47.1 Å². The number of hydrogen-bond acceptors (Lipinski definition) is 7. The molecule has 1 aliphatic heterocycles. The number of nitrogens with zero attached hydrogens (tertiary/aromatic N) is 3. The minimum absolute atomic E-state index is 0.0906. The summed E-state index contributed by atoms with van der Waals surface area (Å²) in [6, 6.07) is 19.7. The Morgan fingerprint density at radius 1 is 1.00 bits per heavy atom. The Morgan fingerprint density at radius 3 is 2.44 bits per heavy atom. The van der Waals surface area contributed by atoms with Gasteiger partial charge in [0.2, 0.25) is 11.1 Å². The van der Waals surface area contributed by atoms with Gasteiger partial charge in [0.25, 0.3) is 5.91 Å². The van der Waals surface area contributed by atoms with Crippen LogP contribution in [-0.4, -0.2) is 33.0 Å². The van der Waals surface area contributed by atoms with Crippen molar-refractivity contribution in [3.05, 3.63) is 99.8 Å². The fourth-order valence-electron chi connectivity index (χ4n) is 5.34. The predicted molar refractivity (Wildman–Crippen MR) is 183 cm³/mol. The van der Waals surface area contributed by atoms with Crippen molar-refractivity contribution < 1.29 is 14.3 Å². The van der Waals surface area contributed by atoms with Crippen molar-refractivity contribution in [3.63, 3.8) is 0 Å². The molecule has 1 aromatic heterocycles. The second-order valence-corrected chi connectivity index (χ2v) is 13.5. The highest BCUT2D eigenvalue weighted by molar-refractivity contribution is 7.99. The maximum atomic E-state index is 14.1. The van der Waals surface area contributed by atoms with Crippen molar-refractivity contribution >= 4 is 29.3 Å². The van der Waals surface area contributed by atoms with Crippen LogP contribution < -0.4 is 20.1 Å². The van der Waals surface area contributed by atoms with Gasteiger partial charge in [0.15, 0.2) is 11.5 Å². The monoisotopic (exact) mass is 625 g/mol. The zero-order chi connectivity index (χ0) is 32.3. The highest BCUT2D eigenvalue weighted by Crippen LogP contribution is 2.40. The van der Waals surface area contributed by atoms with Gasteiger partial charge in [-0.05, 0) is 84.9 Å². The molecule has 2 heterocycles. The van der Waals surface area contributed by atoms with Crippen LogP contribution in [0.15, 0.2) is 77.1 Å². The van der Waals surface area contributed by atoms with E-state index in [9.17, 15) is 4.79 Å². The van der Waals surface area contributed by atoms with Gasteiger partial charge in [0.05, 0.1) is 12.2 Å². The van der Waals surface area contributed by atoms with Crippen molar-refractivity contribution in [1.82, 2.24) is 14.8 Å². The number of nitrogens with one attached hydrogen (secondary N) is 2. The topological polar surface area (TPSA) is 90.3 Å². The van der Waals surface area contributed by atoms with E-state index in [0.717, 1.165) is 33.7 Å². The van der Waals surface area contributed by atoms with Crippen LogP contribution in [0.1, 0.15) is 75.4 Å². The normalized spacial score (nSPS) is 14.5. The highest BCUT2D eigenvalue weighted by atomic mass is 32.2. The van der Waals surface area contributed by atoms with Crippen LogP contribution in [-0.2, 0) is 16.8 Å². The standard InChI is InChI=1S/C36H43N5O3S/c1-9-43-30-20-26(16-19-29(30)44-21-25-14-17-27(18-15-25)36(6,7)8)32-31(33(42)38-28-13-11-12-22(3)23(28)4)24(5)37-34-39-35(45-10-2)40-41(32)34/h11-20,32H,9-10,21H2,1-8H3,(H,38,42)(H,37,39,40). The molecule has 8 nitrogen and oxygen atoms in total. The first-order valence-corrected chi connectivity index (χ1v) is 16.4. The third kappa shape index (κ3) is 7.04. The molecule has 0 spiro atoms. The van der Waals surface area contributed by atoms with Gasteiger partial charge in [-0.3, -0.25) is 4.79 Å². The highest BCUT2D eigenvalue weighted by Gasteiger charge is 2.35. The van der Waals surface area contributed by atoms with Crippen LogP contribution in [0.3, 0.4) is 0 Å². The number of rotatable bonds is 10. The summed E-state index contributed by atoms with van der Waals surface area (Å²) >= 11 is 1.56. The molecular formula is C36H43N5O3S. The molecular weight excluding hydrogens is 582 g/mol. The van der Waals surface area contributed by atoms with Gasteiger partial charge < -0.3 is 20.1 Å². The van der Waals surface area contributed by atoms with Crippen LogP contribution >= 0.6 is 11.8 Å². The lowest BCUT2D eigenvalue weighted by molar-refractivity contribution is -0.113.